The molecule has 0 saturated heterocycles. The molecule has 0 radical (unpaired) electrons. The Hall–Kier alpha value is -4.17. The summed E-state index contributed by atoms with van der Waals surface area (Å²) in [6.07, 6.45) is 0. The summed E-state index contributed by atoms with van der Waals surface area (Å²) in [7, 11) is 0. The number of fused-ring (bicyclic) bond motifs is 1. The van der Waals surface area contributed by atoms with Crippen molar-refractivity contribution < 1.29 is 4.79 Å². The third kappa shape index (κ3) is 4.35. The lowest BCUT2D eigenvalue weighted by Gasteiger charge is -2.14. The molecule has 0 fully saturated rings. The Morgan fingerprint density at radius 1 is 0.941 bits per heavy atom. The Morgan fingerprint density at radius 2 is 1.62 bits per heavy atom. The molecule has 0 atom stereocenters. The maximum atomic E-state index is 13.2. The van der Waals surface area contributed by atoms with E-state index in [1.165, 1.54) is 21.1 Å². The highest BCUT2D eigenvalue weighted by Crippen LogP contribution is 2.21. The van der Waals surface area contributed by atoms with E-state index in [0.717, 1.165) is 22.6 Å². The number of nitrogens with one attached hydrogen (secondary N) is 1. The van der Waals surface area contributed by atoms with Crippen molar-refractivity contribution in [1.82, 2.24) is 19.4 Å². The molecule has 0 saturated carbocycles. The summed E-state index contributed by atoms with van der Waals surface area (Å²) in [5.74, 6) is -0.129. The summed E-state index contributed by atoms with van der Waals surface area (Å²) in [5.41, 5.74) is 6.64. The second kappa shape index (κ2) is 9.36. The van der Waals surface area contributed by atoms with E-state index in [-0.39, 0.29) is 17.2 Å². The van der Waals surface area contributed by atoms with E-state index in [0.29, 0.717) is 16.1 Å². The number of hydrogen-bond acceptors (Lipinski definition) is 6. The number of carbonyl (C=O) groups is 1. The van der Waals surface area contributed by atoms with Crippen LogP contribution in [-0.4, -0.2) is 31.1 Å². The minimum absolute atomic E-state index is 0.0675. The molecule has 8 heteroatoms. The molecular formula is C26H21N5O2S. The van der Waals surface area contributed by atoms with Crippen molar-refractivity contribution in [3.05, 3.63) is 107 Å². The number of aromatic nitrogens is 4. The topological polar surface area (TPSA) is 81.8 Å². The predicted octanol–water partition coefficient (Wildman–Crippen LogP) is 4.88. The third-order valence-electron chi connectivity index (χ3n) is 5.28. The first-order valence-corrected chi connectivity index (χ1v) is 11.7. The van der Waals surface area contributed by atoms with Gasteiger partial charge in [-0.05, 0) is 37.3 Å². The van der Waals surface area contributed by atoms with Crippen molar-refractivity contribution >= 4 is 34.3 Å². The fourth-order valence-electron chi connectivity index (χ4n) is 3.61. The summed E-state index contributed by atoms with van der Waals surface area (Å²) >= 11 is 1.19. The molecule has 34 heavy (non-hydrogen) atoms. The number of thioether (sulfide) groups is 1. The highest BCUT2D eigenvalue weighted by atomic mass is 32.2. The lowest BCUT2D eigenvalue weighted by molar-refractivity contribution is 0.0924. The molecule has 5 aromatic rings. The van der Waals surface area contributed by atoms with Crippen molar-refractivity contribution in [2.75, 3.05) is 11.2 Å². The minimum atomic E-state index is -0.231. The number of nitrogens with zero attached hydrogens (tertiary/aromatic N) is 4. The zero-order chi connectivity index (χ0) is 23.5. The maximum Gasteiger partial charge on any atom is 0.280 e. The van der Waals surface area contributed by atoms with E-state index in [2.05, 4.69) is 15.5 Å². The van der Waals surface area contributed by atoms with Crippen molar-refractivity contribution in [2.45, 2.75) is 12.1 Å². The van der Waals surface area contributed by atoms with Gasteiger partial charge in [0.2, 0.25) is 0 Å². The minimum Gasteiger partial charge on any atom is -0.289 e. The Morgan fingerprint density at radius 3 is 2.38 bits per heavy atom. The van der Waals surface area contributed by atoms with Crippen LogP contribution in [0.15, 0.2) is 101 Å². The van der Waals surface area contributed by atoms with Gasteiger partial charge < -0.3 is 0 Å². The Balaban J connectivity index is 1.45. The van der Waals surface area contributed by atoms with Crippen molar-refractivity contribution in [1.29, 1.82) is 0 Å². The third-order valence-corrected chi connectivity index (χ3v) is 6.20. The molecule has 0 amide bonds. The average Bonchev–Trinajstić information content (AvgIpc) is 3.27. The van der Waals surface area contributed by atoms with Gasteiger partial charge in [0.15, 0.2) is 5.16 Å². The van der Waals surface area contributed by atoms with Gasteiger partial charge in [-0.2, -0.15) is 9.77 Å². The van der Waals surface area contributed by atoms with Gasteiger partial charge in [0, 0.05) is 11.3 Å². The summed E-state index contributed by atoms with van der Waals surface area (Å²) in [6.45, 7) is 1.85. The Bertz CT molecular complexity index is 1530. The quantitative estimate of drug-likeness (QED) is 0.283. The summed E-state index contributed by atoms with van der Waals surface area (Å²) in [4.78, 5) is 30.9. The van der Waals surface area contributed by atoms with Gasteiger partial charge in [-0.25, -0.2) is 9.67 Å². The monoisotopic (exact) mass is 467 g/mol. The zero-order valence-corrected chi connectivity index (χ0v) is 19.2. The predicted molar refractivity (Wildman–Crippen MR) is 135 cm³/mol. The molecule has 5 rings (SSSR count). The zero-order valence-electron chi connectivity index (χ0n) is 18.4. The van der Waals surface area contributed by atoms with Crippen LogP contribution in [0.2, 0.25) is 0 Å². The molecule has 0 aliphatic carbocycles. The van der Waals surface area contributed by atoms with Crippen LogP contribution in [0.4, 0.5) is 5.69 Å². The fourth-order valence-corrected chi connectivity index (χ4v) is 4.41. The first kappa shape index (κ1) is 21.7. The van der Waals surface area contributed by atoms with Gasteiger partial charge in [0.25, 0.3) is 11.5 Å². The fraction of sp³-hybridized carbons (Fsp3) is 0.0769. The van der Waals surface area contributed by atoms with Gasteiger partial charge in [-0.15, -0.1) is 0 Å². The van der Waals surface area contributed by atoms with Crippen LogP contribution in [0, 0.1) is 6.92 Å². The van der Waals surface area contributed by atoms with E-state index >= 15 is 0 Å². The van der Waals surface area contributed by atoms with E-state index < -0.39 is 0 Å². The van der Waals surface area contributed by atoms with Crippen LogP contribution in [0.5, 0.6) is 0 Å². The summed E-state index contributed by atoms with van der Waals surface area (Å²) in [6, 6.07) is 28.2. The van der Waals surface area contributed by atoms with E-state index in [1.54, 1.807) is 18.2 Å². The molecule has 3 aromatic carbocycles. The molecule has 1 N–H and O–H groups in total. The van der Waals surface area contributed by atoms with Crippen LogP contribution < -0.4 is 11.0 Å². The van der Waals surface area contributed by atoms with Crippen LogP contribution >= 0.6 is 11.8 Å². The van der Waals surface area contributed by atoms with Crippen molar-refractivity contribution in [3.63, 3.8) is 0 Å². The Labute approximate surface area is 200 Å². The van der Waals surface area contributed by atoms with Crippen LogP contribution in [0.3, 0.4) is 0 Å². The van der Waals surface area contributed by atoms with E-state index in [4.69, 9.17) is 0 Å². The Kier molecular flexibility index (Phi) is 5.97. The SMILES string of the molecule is Cc1cc(-c2ccccc2)nn1C(=O)CSc1nc2ccccc2c(=O)n1Nc1ccccc1. The molecule has 0 aliphatic heterocycles. The number of benzene rings is 3. The first-order valence-electron chi connectivity index (χ1n) is 10.7. The van der Waals surface area contributed by atoms with Gasteiger partial charge in [0.05, 0.1) is 28.0 Å². The van der Waals surface area contributed by atoms with Gasteiger partial charge in [-0.1, -0.05) is 72.4 Å². The number of aryl methyl sites for hydroxylation is 1. The molecule has 7 nitrogen and oxygen atoms in total. The van der Waals surface area contributed by atoms with Crippen molar-refractivity contribution in [3.8, 4) is 11.3 Å². The molecule has 2 heterocycles. The largest absolute Gasteiger partial charge is 0.289 e. The summed E-state index contributed by atoms with van der Waals surface area (Å²) in [5, 5.41) is 5.39. The van der Waals surface area contributed by atoms with Gasteiger partial charge in [-0.3, -0.25) is 15.0 Å². The summed E-state index contributed by atoms with van der Waals surface area (Å²) < 4.78 is 2.80. The van der Waals surface area contributed by atoms with Crippen LogP contribution in [0.1, 0.15) is 10.5 Å². The molecular weight excluding hydrogens is 446 g/mol. The average molecular weight is 468 g/mol. The van der Waals surface area contributed by atoms with E-state index in [9.17, 15) is 9.59 Å². The highest BCUT2D eigenvalue weighted by molar-refractivity contribution is 7.99. The molecule has 0 bridgehead atoms. The molecule has 0 spiro atoms. The standard InChI is InChI=1S/C26H21N5O2S/c1-18-16-23(19-10-4-2-5-11-19)29-30(18)24(32)17-34-26-27-22-15-9-8-14-21(22)25(33)31(26)28-20-12-6-3-7-13-20/h2-16,28H,17H2,1H3. The molecule has 168 valence electrons. The van der Waals surface area contributed by atoms with Gasteiger partial charge in [0.1, 0.15) is 0 Å². The smallest absolute Gasteiger partial charge is 0.280 e. The number of rotatable bonds is 6. The number of carbonyl (C=O) groups excluding carboxylic acids is 1. The van der Waals surface area contributed by atoms with Gasteiger partial charge >= 0.3 is 0 Å². The number of anilines is 1. The van der Waals surface area contributed by atoms with Crippen LogP contribution in [-0.2, 0) is 0 Å². The maximum absolute atomic E-state index is 13.2. The second-order valence-electron chi connectivity index (χ2n) is 7.66. The second-order valence-corrected chi connectivity index (χ2v) is 8.60. The van der Waals surface area contributed by atoms with E-state index in [1.807, 2.05) is 79.7 Å². The molecule has 0 unspecified atom stereocenters. The number of para-hydroxylation sites is 2. The van der Waals surface area contributed by atoms with Crippen molar-refractivity contribution in [2.24, 2.45) is 0 Å². The lowest BCUT2D eigenvalue weighted by Crippen LogP contribution is -2.29. The normalized spacial score (nSPS) is 11.0. The molecule has 0 aliphatic rings. The lowest BCUT2D eigenvalue weighted by atomic mass is 10.1. The number of hydrogen-bond donors (Lipinski definition) is 1. The highest BCUT2D eigenvalue weighted by Gasteiger charge is 2.17. The first-order chi connectivity index (χ1) is 16.6. The van der Waals surface area contributed by atoms with Crippen LogP contribution in [0.25, 0.3) is 22.2 Å². The molecule has 2 aromatic heterocycles.